The van der Waals surface area contributed by atoms with E-state index in [1.54, 1.807) is 0 Å². The highest BCUT2D eigenvalue weighted by molar-refractivity contribution is 5.99. The van der Waals surface area contributed by atoms with Gasteiger partial charge < -0.3 is 15.2 Å². The Bertz CT molecular complexity index is 4330. The third kappa shape index (κ3) is 8.47. The highest BCUT2D eigenvalue weighted by atomic mass is 15.2. The summed E-state index contributed by atoms with van der Waals surface area (Å²) in [5, 5.41) is 8.68. The Hall–Kier alpha value is -10.6. The number of anilines is 5. The summed E-state index contributed by atoms with van der Waals surface area (Å²) in [6.45, 7) is 4.19. The van der Waals surface area contributed by atoms with Crippen LogP contribution >= 0.6 is 0 Å². The van der Waals surface area contributed by atoms with Crippen molar-refractivity contribution in [2.24, 2.45) is 0 Å². The summed E-state index contributed by atoms with van der Waals surface area (Å²) in [6.07, 6.45) is 16.4. The number of hydrogen-bond acceptors (Lipinski definition) is 3. The summed E-state index contributed by atoms with van der Waals surface area (Å²) in [5.74, 6) is 0. The molecule has 11 aromatic carbocycles. The lowest BCUT2D eigenvalue weighted by molar-refractivity contribution is 0.747. The van der Waals surface area contributed by atoms with Gasteiger partial charge in [0.25, 0.3) is 0 Å². The predicted molar refractivity (Wildman–Crippen MR) is 352 cm³/mol. The minimum Gasteiger partial charge on any atom is -0.310 e. The first-order valence-electron chi connectivity index (χ1n) is 29.1. The molecule has 0 bridgehead atoms. The molecule has 84 heavy (non-hydrogen) atoms. The second-order valence-corrected chi connectivity index (χ2v) is 21.8. The van der Waals surface area contributed by atoms with Crippen molar-refractivity contribution in [1.29, 1.82) is 5.41 Å². The lowest BCUT2D eigenvalue weighted by atomic mass is 9.65. The van der Waals surface area contributed by atoms with Crippen LogP contribution in [0.15, 0.2) is 339 Å². The first-order valence-corrected chi connectivity index (χ1v) is 29.1. The van der Waals surface area contributed by atoms with E-state index < -0.39 is 10.8 Å². The number of allylic oxidation sites excluding steroid dienone is 8. The van der Waals surface area contributed by atoms with Gasteiger partial charge in [0, 0.05) is 40.1 Å². The van der Waals surface area contributed by atoms with E-state index in [1.165, 1.54) is 78.5 Å². The first-order chi connectivity index (χ1) is 41.6. The number of benzene rings is 11. The minimum absolute atomic E-state index is 0.693. The van der Waals surface area contributed by atoms with Gasteiger partial charge in [0.2, 0.25) is 0 Å². The third-order valence-electron chi connectivity index (χ3n) is 17.3. The van der Waals surface area contributed by atoms with Crippen molar-refractivity contribution in [1.82, 2.24) is 0 Å². The highest BCUT2D eigenvalue weighted by Gasteiger charge is 2.52. The van der Waals surface area contributed by atoms with E-state index in [9.17, 15) is 0 Å². The molecule has 400 valence electrons. The van der Waals surface area contributed by atoms with Crippen molar-refractivity contribution >= 4 is 40.2 Å². The third-order valence-corrected chi connectivity index (χ3v) is 17.3. The second-order valence-electron chi connectivity index (χ2n) is 21.8. The second kappa shape index (κ2) is 22.0. The summed E-state index contributed by atoms with van der Waals surface area (Å²) in [4.78, 5) is 4.76. The number of hydrogen-bond donors (Lipinski definition) is 1. The molecule has 0 aliphatic heterocycles. The molecule has 1 N–H and O–H groups in total. The van der Waals surface area contributed by atoms with Crippen molar-refractivity contribution in [2.75, 3.05) is 9.80 Å². The van der Waals surface area contributed by atoms with Crippen LogP contribution in [-0.4, -0.2) is 6.21 Å². The van der Waals surface area contributed by atoms with Gasteiger partial charge in [-0.05, 0) is 164 Å². The molecule has 14 rings (SSSR count). The normalized spacial score (nSPS) is 15.5. The molecule has 0 aromatic heterocycles. The van der Waals surface area contributed by atoms with Crippen LogP contribution in [0, 0.1) is 5.41 Å². The van der Waals surface area contributed by atoms with Crippen molar-refractivity contribution < 1.29 is 0 Å². The average molecular weight is 1080 g/mol. The van der Waals surface area contributed by atoms with E-state index in [4.69, 9.17) is 5.41 Å². The van der Waals surface area contributed by atoms with Crippen molar-refractivity contribution in [2.45, 2.75) is 23.7 Å². The minimum atomic E-state index is -0.765. The number of fused-ring (bicyclic) bond motifs is 6. The molecular formula is C81H61N3. The van der Waals surface area contributed by atoms with E-state index in [1.807, 2.05) is 18.2 Å². The average Bonchev–Trinajstić information content (AvgIpc) is 1.62. The van der Waals surface area contributed by atoms with Gasteiger partial charge >= 0.3 is 0 Å². The van der Waals surface area contributed by atoms with Gasteiger partial charge in [-0.1, -0.05) is 255 Å². The maximum Gasteiger partial charge on any atom is 0.0714 e. The number of nitrogens with one attached hydrogen (secondary N) is 1. The lowest BCUT2D eigenvalue weighted by Gasteiger charge is -2.37. The van der Waals surface area contributed by atoms with Crippen LogP contribution in [0.5, 0.6) is 0 Å². The summed E-state index contributed by atoms with van der Waals surface area (Å²) in [6, 6.07) is 104. The van der Waals surface area contributed by atoms with E-state index in [-0.39, 0.29) is 0 Å². The lowest BCUT2D eigenvalue weighted by Crippen LogP contribution is -2.30. The van der Waals surface area contributed by atoms with Gasteiger partial charge in [-0.2, -0.15) is 0 Å². The van der Waals surface area contributed by atoms with Gasteiger partial charge in [0.1, 0.15) is 0 Å². The SMILES string of the molecule is C=C/C=C(\C(=C/C=N)N(c1ccccc1)c1ccc2c(c1)C(c1ccccc1)(c1ccccc1)c1cc3c(cc1-2)C(C1=CCCC=C1)(c1ccccc1)c1cc(N(c2ccccc2)c2ccccc2-c2ccccc2)ccc1-3)c1ccccc1. The van der Waals surface area contributed by atoms with Crippen molar-refractivity contribution in [3.05, 3.63) is 384 Å². The van der Waals surface area contributed by atoms with Crippen LogP contribution in [0.2, 0.25) is 0 Å². The molecule has 0 fully saturated rings. The highest BCUT2D eigenvalue weighted by Crippen LogP contribution is 2.64. The maximum atomic E-state index is 8.68. The molecule has 3 aliphatic carbocycles. The Labute approximate surface area is 493 Å². The largest absolute Gasteiger partial charge is 0.310 e. The van der Waals surface area contributed by atoms with Gasteiger partial charge in [-0.15, -0.1) is 0 Å². The van der Waals surface area contributed by atoms with Gasteiger partial charge in [-0.3, -0.25) is 0 Å². The zero-order chi connectivity index (χ0) is 56.5. The van der Waals surface area contributed by atoms with Crippen LogP contribution < -0.4 is 9.80 Å². The van der Waals surface area contributed by atoms with Gasteiger partial charge in [0.05, 0.1) is 22.2 Å². The molecule has 3 heteroatoms. The van der Waals surface area contributed by atoms with Crippen molar-refractivity contribution in [3.63, 3.8) is 0 Å². The Kier molecular flexibility index (Phi) is 13.5. The van der Waals surface area contributed by atoms with Gasteiger partial charge in [-0.25, -0.2) is 0 Å². The quantitative estimate of drug-likeness (QED) is 0.0819. The Balaban J connectivity index is 1.06. The van der Waals surface area contributed by atoms with E-state index in [2.05, 4.69) is 320 Å². The molecule has 0 saturated heterocycles. The molecule has 0 saturated carbocycles. The molecule has 3 nitrogen and oxygen atoms in total. The fourth-order valence-electron chi connectivity index (χ4n) is 13.9. The van der Waals surface area contributed by atoms with E-state index >= 15 is 0 Å². The van der Waals surface area contributed by atoms with Gasteiger partial charge in [0.15, 0.2) is 0 Å². The Morgan fingerprint density at radius 3 is 1.45 bits per heavy atom. The standard InChI is InChI=1S/C81H61N3/c1-2-29-68(58-30-11-3-12-31-58)79(52-53-82)84(65-44-25-10-26-45-65)67-49-51-71-73-57-76-72(56-77(73)81(75(71)55-67,62-38-19-7-20-39-62)63-40-21-8-22-41-63)70-50-48-66(54-74(70)80(76,60-34-15-5-16-35-60)61-36-17-6-18-37-61)83(64-42-23-9-24-43-64)78-47-28-27-46-69(78)59-32-13-4-14-33-59/h2-5,7-17,19-57,82H,1,6,18H2/b68-29-,79-52+,82-53?. The number of para-hydroxylation sites is 3. The van der Waals surface area contributed by atoms with Crippen molar-refractivity contribution in [3.8, 4) is 33.4 Å². The molecule has 1 unspecified atom stereocenters. The maximum absolute atomic E-state index is 8.68. The predicted octanol–water partition coefficient (Wildman–Crippen LogP) is 20.7. The summed E-state index contributed by atoms with van der Waals surface area (Å²) >= 11 is 0. The summed E-state index contributed by atoms with van der Waals surface area (Å²) in [5.41, 5.74) is 23.6. The monoisotopic (exact) mass is 1080 g/mol. The Morgan fingerprint density at radius 2 is 0.881 bits per heavy atom. The van der Waals surface area contributed by atoms with E-state index in [0.29, 0.717) is 0 Å². The van der Waals surface area contributed by atoms with E-state index in [0.717, 1.165) is 63.7 Å². The van der Waals surface area contributed by atoms with Crippen LogP contribution in [0.4, 0.5) is 28.4 Å². The summed E-state index contributed by atoms with van der Waals surface area (Å²) in [7, 11) is 0. The zero-order valence-corrected chi connectivity index (χ0v) is 46.7. The molecule has 0 radical (unpaired) electrons. The van der Waals surface area contributed by atoms with Crippen LogP contribution in [0.1, 0.15) is 57.3 Å². The topological polar surface area (TPSA) is 30.3 Å². The molecule has 1 atom stereocenters. The molecule has 0 heterocycles. The zero-order valence-electron chi connectivity index (χ0n) is 46.7. The molecule has 11 aromatic rings. The molecule has 0 spiro atoms. The van der Waals surface area contributed by atoms with Crippen LogP contribution in [-0.2, 0) is 10.8 Å². The molecule has 0 amide bonds. The summed E-state index contributed by atoms with van der Waals surface area (Å²) < 4.78 is 0. The first kappa shape index (κ1) is 51.5. The van der Waals surface area contributed by atoms with Crippen LogP contribution in [0.25, 0.3) is 39.0 Å². The van der Waals surface area contributed by atoms with Crippen LogP contribution in [0.3, 0.4) is 0 Å². The fraction of sp³-hybridized carbons (Fsp3) is 0.0494. The molecular weight excluding hydrogens is 1010 g/mol. The number of rotatable bonds is 15. The Morgan fingerprint density at radius 1 is 0.405 bits per heavy atom. The smallest absolute Gasteiger partial charge is 0.0714 e. The molecule has 3 aliphatic rings. The number of nitrogens with zero attached hydrogens (tertiary/aromatic N) is 2. The fourth-order valence-corrected chi connectivity index (χ4v) is 13.9.